The van der Waals surface area contributed by atoms with E-state index in [-0.39, 0.29) is 11.7 Å². The normalized spacial score (nSPS) is 15.6. The van der Waals surface area contributed by atoms with Gasteiger partial charge in [-0.2, -0.15) is 0 Å². The number of aromatic nitrogens is 2. The fourth-order valence-electron chi connectivity index (χ4n) is 2.85. The number of benzene rings is 2. The lowest BCUT2D eigenvalue weighted by molar-refractivity contribution is 0.102. The molecular weight excluding hydrogens is 384 g/mol. The summed E-state index contributed by atoms with van der Waals surface area (Å²) in [5, 5.41) is 12.0. The number of amides is 1. The molecule has 9 heteroatoms. The lowest BCUT2D eigenvalue weighted by Crippen LogP contribution is -2.25. The van der Waals surface area contributed by atoms with Gasteiger partial charge in [-0.15, -0.1) is 10.2 Å². The molecular formula is C18H16N4O3S2. The molecule has 1 aliphatic rings. The van der Waals surface area contributed by atoms with Crippen molar-refractivity contribution in [2.75, 3.05) is 21.9 Å². The third-order valence-corrected chi connectivity index (χ3v) is 6.94. The van der Waals surface area contributed by atoms with Crippen molar-refractivity contribution in [1.82, 2.24) is 10.2 Å². The monoisotopic (exact) mass is 400 g/mol. The van der Waals surface area contributed by atoms with Crippen LogP contribution < -0.4 is 9.62 Å². The smallest absolute Gasteiger partial charge is 0.257 e. The Kier molecular flexibility index (Phi) is 4.63. The van der Waals surface area contributed by atoms with E-state index in [9.17, 15) is 13.2 Å². The number of carbonyl (C=O) groups is 1. The van der Waals surface area contributed by atoms with E-state index in [1.165, 1.54) is 15.6 Å². The Morgan fingerprint density at radius 3 is 2.44 bits per heavy atom. The number of rotatable bonds is 4. The zero-order valence-electron chi connectivity index (χ0n) is 14.2. The largest absolute Gasteiger partial charge is 0.296 e. The van der Waals surface area contributed by atoms with Crippen molar-refractivity contribution in [2.45, 2.75) is 6.42 Å². The van der Waals surface area contributed by atoms with Gasteiger partial charge in [0.1, 0.15) is 5.01 Å². The zero-order chi connectivity index (χ0) is 18.9. The maximum atomic E-state index is 12.4. The van der Waals surface area contributed by atoms with Crippen LogP contribution in [0.15, 0.2) is 54.6 Å². The Bertz CT molecular complexity index is 1060. The molecule has 1 aliphatic heterocycles. The Morgan fingerprint density at radius 1 is 1.04 bits per heavy atom. The SMILES string of the molecule is O=C(Nc1nnc(-c2ccccc2)s1)c1ccc(N2CCCS2(=O)=O)cc1. The molecule has 27 heavy (non-hydrogen) atoms. The maximum absolute atomic E-state index is 12.4. The molecule has 1 fully saturated rings. The molecule has 4 rings (SSSR count). The highest BCUT2D eigenvalue weighted by Gasteiger charge is 2.28. The lowest BCUT2D eigenvalue weighted by Gasteiger charge is -2.16. The first kappa shape index (κ1) is 17.6. The van der Waals surface area contributed by atoms with Gasteiger partial charge in [0.25, 0.3) is 5.91 Å². The fourth-order valence-corrected chi connectivity index (χ4v) is 5.16. The average Bonchev–Trinajstić information content (AvgIpc) is 3.28. The first-order valence-corrected chi connectivity index (χ1v) is 10.8. The van der Waals surface area contributed by atoms with E-state index in [1.54, 1.807) is 24.3 Å². The summed E-state index contributed by atoms with van der Waals surface area (Å²) < 4.78 is 25.3. The first-order valence-electron chi connectivity index (χ1n) is 8.34. The third kappa shape index (κ3) is 3.69. The van der Waals surface area contributed by atoms with E-state index in [4.69, 9.17) is 0 Å². The Hall–Kier alpha value is -2.78. The molecule has 0 bridgehead atoms. The van der Waals surface area contributed by atoms with E-state index < -0.39 is 10.0 Å². The Labute approximate surface area is 160 Å². The van der Waals surface area contributed by atoms with Gasteiger partial charge in [-0.1, -0.05) is 41.7 Å². The Morgan fingerprint density at radius 2 is 1.78 bits per heavy atom. The zero-order valence-corrected chi connectivity index (χ0v) is 15.8. The number of nitrogens with zero attached hydrogens (tertiary/aromatic N) is 3. The van der Waals surface area contributed by atoms with Gasteiger partial charge in [-0.05, 0) is 30.7 Å². The van der Waals surface area contributed by atoms with Crippen LogP contribution in [0, 0.1) is 0 Å². The number of hydrogen-bond donors (Lipinski definition) is 1. The van der Waals surface area contributed by atoms with Crippen molar-refractivity contribution in [3.63, 3.8) is 0 Å². The van der Waals surface area contributed by atoms with Crippen molar-refractivity contribution >= 4 is 38.1 Å². The molecule has 7 nitrogen and oxygen atoms in total. The van der Waals surface area contributed by atoms with Gasteiger partial charge >= 0.3 is 0 Å². The molecule has 0 atom stereocenters. The summed E-state index contributed by atoms with van der Waals surface area (Å²) in [4.78, 5) is 12.4. The minimum absolute atomic E-state index is 0.163. The minimum atomic E-state index is -3.23. The van der Waals surface area contributed by atoms with Crippen molar-refractivity contribution in [2.24, 2.45) is 0 Å². The van der Waals surface area contributed by atoms with Gasteiger partial charge < -0.3 is 0 Å². The van der Waals surface area contributed by atoms with E-state index in [0.29, 0.717) is 29.3 Å². The van der Waals surface area contributed by atoms with Crippen molar-refractivity contribution in [3.05, 3.63) is 60.2 Å². The van der Waals surface area contributed by atoms with Crippen LogP contribution in [0.2, 0.25) is 0 Å². The quantitative estimate of drug-likeness (QED) is 0.727. The number of carbonyl (C=O) groups excluding carboxylic acids is 1. The highest BCUT2D eigenvalue weighted by molar-refractivity contribution is 7.93. The molecule has 1 aromatic heterocycles. The van der Waals surface area contributed by atoms with Crippen LogP contribution in [-0.2, 0) is 10.0 Å². The molecule has 2 aromatic carbocycles. The molecule has 1 saturated heterocycles. The van der Waals surface area contributed by atoms with E-state index in [2.05, 4.69) is 15.5 Å². The highest BCUT2D eigenvalue weighted by Crippen LogP contribution is 2.27. The summed E-state index contributed by atoms with van der Waals surface area (Å²) in [7, 11) is -3.23. The van der Waals surface area contributed by atoms with Crippen LogP contribution in [-0.4, -0.2) is 36.8 Å². The van der Waals surface area contributed by atoms with Gasteiger partial charge in [0, 0.05) is 17.7 Å². The first-order chi connectivity index (χ1) is 13.0. The summed E-state index contributed by atoms with van der Waals surface area (Å²) in [6, 6.07) is 16.1. The Balaban J connectivity index is 1.47. The van der Waals surface area contributed by atoms with Gasteiger partial charge in [0.2, 0.25) is 15.2 Å². The van der Waals surface area contributed by atoms with Gasteiger partial charge in [0.15, 0.2) is 0 Å². The van der Waals surface area contributed by atoms with Crippen molar-refractivity contribution in [1.29, 1.82) is 0 Å². The summed E-state index contributed by atoms with van der Waals surface area (Å²) >= 11 is 1.29. The molecule has 1 amide bonds. The summed E-state index contributed by atoms with van der Waals surface area (Å²) in [6.07, 6.45) is 0.616. The van der Waals surface area contributed by atoms with Crippen LogP contribution >= 0.6 is 11.3 Å². The van der Waals surface area contributed by atoms with Crippen molar-refractivity contribution in [3.8, 4) is 10.6 Å². The number of nitrogens with one attached hydrogen (secondary N) is 1. The van der Waals surface area contributed by atoms with Gasteiger partial charge in [-0.25, -0.2) is 8.42 Å². The predicted molar refractivity (Wildman–Crippen MR) is 105 cm³/mol. The van der Waals surface area contributed by atoms with Crippen LogP contribution in [0.1, 0.15) is 16.8 Å². The van der Waals surface area contributed by atoms with E-state index in [1.807, 2.05) is 30.3 Å². The lowest BCUT2D eigenvalue weighted by atomic mass is 10.2. The summed E-state index contributed by atoms with van der Waals surface area (Å²) in [5.41, 5.74) is 1.94. The molecule has 0 unspecified atom stereocenters. The third-order valence-electron chi connectivity index (χ3n) is 4.18. The number of hydrogen-bond acceptors (Lipinski definition) is 6. The van der Waals surface area contributed by atoms with Crippen LogP contribution in [0.3, 0.4) is 0 Å². The molecule has 138 valence electrons. The molecule has 3 aromatic rings. The number of sulfonamides is 1. The standard InChI is InChI=1S/C18H16N4O3S2/c23-16(19-18-21-20-17(26-18)14-5-2-1-3-6-14)13-7-9-15(10-8-13)22-11-4-12-27(22,24)25/h1-3,5-10H,4,11-12H2,(H,19,21,23). The fraction of sp³-hybridized carbons (Fsp3) is 0.167. The topological polar surface area (TPSA) is 92.3 Å². The van der Waals surface area contributed by atoms with Crippen molar-refractivity contribution < 1.29 is 13.2 Å². The second-order valence-electron chi connectivity index (χ2n) is 6.02. The predicted octanol–water partition coefficient (Wildman–Crippen LogP) is 3.00. The summed E-state index contributed by atoms with van der Waals surface area (Å²) in [6.45, 7) is 0.473. The minimum Gasteiger partial charge on any atom is -0.296 e. The molecule has 0 spiro atoms. The van der Waals surface area contributed by atoms with Crippen LogP contribution in [0.25, 0.3) is 10.6 Å². The molecule has 2 heterocycles. The second kappa shape index (κ2) is 7.09. The average molecular weight is 400 g/mol. The highest BCUT2D eigenvalue weighted by atomic mass is 32.2. The van der Waals surface area contributed by atoms with Gasteiger partial charge in [-0.3, -0.25) is 14.4 Å². The van der Waals surface area contributed by atoms with Crippen LogP contribution in [0.5, 0.6) is 0 Å². The van der Waals surface area contributed by atoms with E-state index >= 15 is 0 Å². The number of anilines is 2. The van der Waals surface area contributed by atoms with Gasteiger partial charge in [0.05, 0.1) is 11.4 Å². The van der Waals surface area contributed by atoms with E-state index in [0.717, 1.165) is 10.6 Å². The molecule has 0 radical (unpaired) electrons. The molecule has 1 N–H and O–H groups in total. The second-order valence-corrected chi connectivity index (χ2v) is 9.01. The maximum Gasteiger partial charge on any atom is 0.257 e. The van der Waals surface area contributed by atoms with Crippen LogP contribution in [0.4, 0.5) is 10.8 Å². The molecule has 0 saturated carbocycles. The summed E-state index contributed by atoms with van der Waals surface area (Å²) in [5.74, 6) is -0.155. The molecule has 0 aliphatic carbocycles.